The van der Waals surface area contributed by atoms with Gasteiger partial charge < -0.3 is 9.67 Å². The van der Waals surface area contributed by atoms with Crippen LogP contribution < -0.4 is 0 Å². The monoisotopic (exact) mass is 243 g/mol. The molecule has 5 heteroatoms. The molecule has 1 heterocycles. The SMILES string of the molecule is Cn1cc(CCO)c2ccc(C(F)(F)F)cc21. The molecule has 0 saturated carbocycles. The van der Waals surface area contributed by atoms with Crippen molar-refractivity contribution in [1.82, 2.24) is 4.57 Å². The van der Waals surface area contributed by atoms with Crippen molar-refractivity contribution in [2.75, 3.05) is 6.61 Å². The first kappa shape index (κ1) is 12.0. The van der Waals surface area contributed by atoms with Gasteiger partial charge in [-0.2, -0.15) is 13.2 Å². The summed E-state index contributed by atoms with van der Waals surface area (Å²) in [5, 5.41) is 9.64. The second kappa shape index (κ2) is 4.07. The minimum absolute atomic E-state index is 0.0138. The topological polar surface area (TPSA) is 25.2 Å². The van der Waals surface area contributed by atoms with Crippen LogP contribution in [0, 0.1) is 0 Å². The molecule has 2 nitrogen and oxygen atoms in total. The highest BCUT2D eigenvalue weighted by atomic mass is 19.4. The summed E-state index contributed by atoms with van der Waals surface area (Å²) in [5.74, 6) is 0. The average molecular weight is 243 g/mol. The smallest absolute Gasteiger partial charge is 0.396 e. The van der Waals surface area contributed by atoms with Crippen LogP contribution in [0.15, 0.2) is 24.4 Å². The maximum Gasteiger partial charge on any atom is 0.416 e. The van der Waals surface area contributed by atoms with Crippen LogP contribution in [0.2, 0.25) is 0 Å². The summed E-state index contributed by atoms with van der Waals surface area (Å²) in [6.45, 7) is -0.0138. The summed E-state index contributed by atoms with van der Waals surface area (Å²) in [5.41, 5.74) is 0.740. The van der Waals surface area contributed by atoms with Crippen LogP contribution in [0.25, 0.3) is 10.9 Å². The van der Waals surface area contributed by atoms with Crippen LogP contribution in [-0.4, -0.2) is 16.3 Å². The lowest BCUT2D eigenvalue weighted by Gasteiger charge is -2.07. The van der Waals surface area contributed by atoms with Gasteiger partial charge in [0, 0.05) is 30.8 Å². The van der Waals surface area contributed by atoms with Crippen LogP contribution in [-0.2, 0) is 19.6 Å². The minimum atomic E-state index is -4.32. The molecule has 0 aliphatic heterocycles. The molecule has 2 aromatic rings. The molecule has 0 saturated heterocycles. The lowest BCUT2D eigenvalue weighted by Crippen LogP contribution is -2.04. The third-order valence-corrected chi connectivity index (χ3v) is 2.78. The van der Waals surface area contributed by atoms with Crippen molar-refractivity contribution in [2.24, 2.45) is 7.05 Å². The van der Waals surface area contributed by atoms with Crippen molar-refractivity contribution in [3.8, 4) is 0 Å². The molecule has 0 unspecified atom stereocenters. The molecule has 1 aromatic carbocycles. The Morgan fingerprint density at radius 3 is 2.59 bits per heavy atom. The molecule has 0 aliphatic rings. The Hall–Kier alpha value is -1.49. The van der Waals surface area contributed by atoms with Gasteiger partial charge in [0.1, 0.15) is 0 Å². The number of aryl methyl sites for hydroxylation is 1. The zero-order chi connectivity index (χ0) is 12.6. The maximum absolute atomic E-state index is 12.6. The summed E-state index contributed by atoms with van der Waals surface area (Å²) >= 11 is 0. The fourth-order valence-electron chi connectivity index (χ4n) is 1.96. The molecule has 0 spiro atoms. The number of nitrogens with zero attached hydrogens (tertiary/aromatic N) is 1. The summed E-state index contributed by atoms with van der Waals surface area (Å²) in [6, 6.07) is 3.67. The lowest BCUT2D eigenvalue weighted by molar-refractivity contribution is -0.137. The summed E-state index contributed by atoms with van der Waals surface area (Å²) in [6.07, 6.45) is -2.13. The first-order valence-electron chi connectivity index (χ1n) is 5.19. The van der Waals surface area contributed by atoms with E-state index in [-0.39, 0.29) is 6.61 Å². The number of benzene rings is 1. The van der Waals surface area contributed by atoms with Gasteiger partial charge in [-0.1, -0.05) is 6.07 Å². The fourth-order valence-corrected chi connectivity index (χ4v) is 1.96. The third kappa shape index (κ3) is 2.15. The molecule has 0 aliphatic carbocycles. The minimum Gasteiger partial charge on any atom is -0.396 e. The number of hydrogen-bond donors (Lipinski definition) is 1. The second-order valence-electron chi connectivity index (χ2n) is 3.97. The van der Waals surface area contributed by atoms with Crippen LogP contribution in [0.3, 0.4) is 0 Å². The van der Waals surface area contributed by atoms with Gasteiger partial charge in [-0.15, -0.1) is 0 Å². The highest BCUT2D eigenvalue weighted by Crippen LogP contribution is 2.32. The summed E-state index contributed by atoms with van der Waals surface area (Å²) in [7, 11) is 1.70. The van der Waals surface area contributed by atoms with Gasteiger partial charge in [0.05, 0.1) is 5.56 Å². The summed E-state index contributed by atoms with van der Waals surface area (Å²) in [4.78, 5) is 0. The van der Waals surface area contributed by atoms with Gasteiger partial charge in [-0.25, -0.2) is 0 Å². The first-order valence-corrected chi connectivity index (χ1v) is 5.19. The fraction of sp³-hybridized carbons (Fsp3) is 0.333. The van der Waals surface area contributed by atoms with Crippen LogP contribution in [0.4, 0.5) is 13.2 Å². The zero-order valence-electron chi connectivity index (χ0n) is 9.25. The van der Waals surface area contributed by atoms with Crippen molar-refractivity contribution in [1.29, 1.82) is 0 Å². The van der Waals surface area contributed by atoms with Crippen LogP contribution in [0.1, 0.15) is 11.1 Å². The highest BCUT2D eigenvalue weighted by Gasteiger charge is 2.30. The van der Waals surface area contributed by atoms with E-state index in [2.05, 4.69) is 0 Å². The molecule has 92 valence electrons. The van der Waals surface area contributed by atoms with E-state index in [0.29, 0.717) is 11.9 Å². The molecule has 0 radical (unpaired) electrons. The molecule has 0 amide bonds. The maximum atomic E-state index is 12.6. The van der Waals surface area contributed by atoms with Gasteiger partial charge in [-0.05, 0) is 24.1 Å². The molecule has 1 aromatic heterocycles. The quantitative estimate of drug-likeness (QED) is 0.862. The van der Waals surface area contributed by atoms with Crippen molar-refractivity contribution in [2.45, 2.75) is 12.6 Å². The Morgan fingerprint density at radius 1 is 1.29 bits per heavy atom. The molecule has 17 heavy (non-hydrogen) atoms. The van der Waals surface area contributed by atoms with Gasteiger partial charge >= 0.3 is 6.18 Å². The average Bonchev–Trinajstić information content (AvgIpc) is 2.55. The second-order valence-corrected chi connectivity index (χ2v) is 3.97. The number of hydrogen-bond acceptors (Lipinski definition) is 1. The van der Waals surface area contributed by atoms with Crippen LogP contribution >= 0.6 is 0 Å². The number of alkyl halides is 3. The Morgan fingerprint density at radius 2 is 2.00 bits per heavy atom. The van der Waals surface area contributed by atoms with Crippen molar-refractivity contribution in [3.63, 3.8) is 0 Å². The highest BCUT2D eigenvalue weighted by molar-refractivity contribution is 5.84. The Balaban J connectivity index is 2.59. The predicted molar refractivity (Wildman–Crippen MR) is 58.7 cm³/mol. The number of rotatable bonds is 2. The standard InChI is InChI=1S/C12H12F3NO/c1-16-7-8(4-5-17)10-3-2-9(6-11(10)16)12(13,14)15/h2-3,6-7,17H,4-5H2,1H3. The number of fused-ring (bicyclic) bond motifs is 1. The van der Waals surface area contributed by atoms with E-state index < -0.39 is 11.7 Å². The van der Waals surface area contributed by atoms with E-state index in [4.69, 9.17) is 5.11 Å². The Bertz CT molecular complexity index is 542. The Labute approximate surface area is 96.3 Å². The number of aliphatic hydroxyl groups is 1. The van der Waals surface area contributed by atoms with E-state index in [1.165, 1.54) is 6.07 Å². The molecule has 1 N–H and O–H groups in total. The van der Waals surface area contributed by atoms with E-state index in [9.17, 15) is 13.2 Å². The van der Waals surface area contributed by atoms with Crippen LogP contribution in [0.5, 0.6) is 0 Å². The molecular weight excluding hydrogens is 231 g/mol. The Kier molecular flexibility index (Phi) is 2.87. The van der Waals surface area contributed by atoms with E-state index in [1.54, 1.807) is 17.8 Å². The van der Waals surface area contributed by atoms with E-state index >= 15 is 0 Å². The molecular formula is C12H12F3NO. The molecule has 0 atom stereocenters. The van der Waals surface area contributed by atoms with Gasteiger partial charge in [0.15, 0.2) is 0 Å². The van der Waals surface area contributed by atoms with Crippen molar-refractivity contribution >= 4 is 10.9 Å². The van der Waals surface area contributed by atoms with Crippen molar-refractivity contribution in [3.05, 3.63) is 35.5 Å². The lowest BCUT2D eigenvalue weighted by atomic mass is 10.1. The van der Waals surface area contributed by atoms with Crippen molar-refractivity contribution < 1.29 is 18.3 Å². The number of aliphatic hydroxyl groups excluding tert-OH is 1. The molecule has 2 rings (SSSR count). The van der Waals surface area contributed by atoms with Gasteiger partial charge in [0.25, 0.3) is 0 Å². The van der Waals surface area contributed by atoms with E-state index in [0.717, 1.165) is 23.1 Å². The third-order valence-electron chi connectivity index (χ3n) is 2.78. The largest absolute Gasteiger partial charge is 0.416 e. The molecule has 0 fully saturated rings. The van der Waals surface area contributed by atoms with Gasteiger partial charge in [-0.3, -0.25) is 0 Å². The van der Waals surface area contributed by atoms with Gasteiger partial charge in [0.2, 0.25) is 0 Å². The normalized spacial score (nSPS) is 12.3. The predicted octanol–water partition coefficient (Wildman–Crippen LogP) is 2.73. The van der Waals surface area contributed by atoms with E-state index in [1.807, 2.05) is 0 Å². The first-order chi connectivity index (χ1) is 7.93. The number of halogens is 3. The summed E-state index contributed by atoms with van der Waals surface area (Å²) < 4.78 is 39.3. The zero-order valence-corrected chi connectivity index (χ0v) is 9.25. The molecule has 0 bridgehead atoms. The number of aromatic nitrogens is 1.